The topological polar surface area (TPSA) is 99.6 Å². The zero-order valence-corrected chi connectivity index (χ0v) is 25.6. The highest BCUT2D eigenvalue weighted by molar-refractivity contribution is 7.11. The lowest BCUT2D eigenvalue weighted by Gasteiger charge is -2.73. The lowest BCUT2D eigenvalue weighted by atomic mass is 9.39. The highest BCUT2D eigenvalue weighted by Crippen LogP contribution is 2.70. The maximum Gasteiger partial charge on any atom is 0.338 e. The Kier molecular flexibility index (Phi) is 7.05. The average Bonchev–Trinajstić information content (AvgIpc) is 3.60. The standard InChI is InChI=1S/C31H37FN6O4S/c1-4-42-28(39)24-23(34-26(27-33-8-11-43-27)35-25(24)21-6-5-7-22(32)19(21)2)14-36-9-10-37-20(12-36)13-38(29(37)40)31-15-30(16-31,17-31)18-41-3/h5-8,11,20,25H,4,9-10,12-18H2,1-3H3,(H,34,35)/t20-,25-,30?,31?/m0/s1. The van der Waals surface area contributed by atoms with E-state index in [2.05, 4.69) is 20.1 Å². The maximum absolute atomic E-state index is 14.8. The number of benzene rings is 1. The number of thiazole rings is 1. The quantitative estimate of drug-likeness (QED) is 0.435. The van der Waals surface area contributed by atoms with Gasteiger partial charge in [-0.05, 0) is 50.3 Å². The van der Waals surface area contributed by atoms with Crippen LogP contribution in [-0.2, 0) is 14.3 Å². The van der Waals surface area contributed by atoms with Gasteiger partial charge >= 0.3 is 12.0 Å². The zero-order valence-electron chi connectivity index (χ0n) is 24.8. The van der Waals surface area contributed by atoms with Gasteiger partial charge in [0.2, 0.25) is 0 Å². The number of methoxy groups -OCH3 is 1. The van der Waals surface area contributed by atoms with E-state index in [1.54, 1.807) is 33.2 Å². The Labute approximate surface area is 254 Å². The van der Waals surface area contributed by atoms with Crippen molar-refractivity contribution in [3.63, 3.8) is 0 Å². The molecule has 12 heteroatoms. The van der Waals surface area contributed by atoms with E-state index >= 15 is 0 Å². The number of aromatic nitrogens is 1. The van der Waals surface area contributed by atoms with Crippen LogP contribution in [0.5, 0.6) is 0 Å². The lowest BCUT2D eigenvalue weighted by molar-refractivity contribution is -0.222. The number of amidine groups is 1. The summed E-state index contributed by atoms with van der Waals surface area (Å²) in [7, 11) is 1.75. The Balaban J connectivity index is 1.16. The summed E-state index contributed by atoms with van der Waals surface area (Å²) >= 11 is 1.44. The van der Waals surface area contributed by atoms with Crippen molar-refractivity contribution in [2.45, 2.75) is 50.7 Å². The number of carbonyl (C=O) groups excluding carboxylic acids is 2. The first-order valence-corrected chi connectivity index (χ1v) is 15.8. The van der Waals surface area contributed by atoms with E-state index < -0.39 is 12.0 Å². The van der Waals surface area contributed by atoms with Crippen molar-refractivity contribution in [1.82, 2.24) is 25.0 Å². The number of fused-ring (bicyclic) bond motifs is 1. The van der Waals surface area contributed by atoms with E-state index in [9.17, 15) is 14.0 Å². The van der Waals surface area contributed by atoms with Crippen molar-refractivity contribution in [2.24, 2.45) is 10.4 Å². The first kappa shape index (κ1) is 28.4. The predicted molar refractivity (Wildman–Crippen MR) is 159 cm³/mol. The van der Waals surface area contributed by atoms with Gasteiger partial charge in [-0.15, -0.1) is 11.3 Å². The maximum atomic E-state index is 14.8. The molecule has 0 radical (unpaired) electrons. The van der Waals surface area contributed by atoms with Gasteiger partial charge in [-0.1, -0.05) is 12.1 Å². The molecule has 2 atom stereocenters. The van der Waals surface area contributed by atoms with Gasteiger partial charge in [0.15, 0.2) is 10.8 Å². The SMILES string of the molecule is CCOC(=O)C1=C(CN2CCN3C(=O)N(C45CC(COC)(C4)C5)C[C@@H]3C2)NC(c2nccs2)=N[C@H]1c1cccc(F)c1C. The molecule has 3 aliphatic carbocycles. The van der Waals surface area contributed by atoms with E-state index in [4.69, 9.17) is 14.5 Å². The molecule has 4 heterocycles. The molecule has 43 heavy (non-hydrogen) atoms. The fourth-order valence-electron chi connectivity index (χ4n) is 7.98. The fourth-order valence-corrected chi connectivity index (χ4v) is 8.57. The number of hydrogen-bond acceptors (Lipinski definition) is 9. The summed E-state index contributed by atoms with van der Waals surface area (Å²) in [6, 6.07) is 4.35. The van der Waals surface area contributed by atoms with Crippen molar-refractivity contribution in [1.29, 1.82) is 0 Å². The van der Waals surface area contributed by atoms with Crippen LogP contribution in [0.25, 0.3) is 0 Å². The van der Waals surface area contributed by atoms with Crippen LogP contribution in [0.4, 0.5) is 9.18 Å². The number of hydrogen-bond donors (Lipinski definition) is 1. The van der Waals surface area contributed by atoms with E-state index in [1.807, 2.05) is 16.3 Å². The number of amides is 2. The second-order valence-corrected chi connectivity index (χ2v) is 13.5. The summed E-state index contributed by atoms with van der Waals surface area (Å²) in [4.78, 5) is 42.8. The summed E-state index contributed by atoms with van der Waals surface area (Å²) < 4.78 is 25.7. The molecule has 228 valence electrons. The van der Waals surface area contributed by atoms with Gasteiger partial charge in [-0.3, -0.25) is 9.89 Å². The minimum atomic E-state index is -0.751. The molecule has 2 aromatic rings. The van der Waals surface area contributed by atoms with Crippen molar-refractivity contribution in [3.8, 4) is 0 Å². The van der Waals surface area contributed by atoms with Crippen molar-refractivity contribution in [2.75, 3.05) is 53.0 Å². The Hall–Kier alpha value is -3.35. The number of esters is 1. The van der Waals surface area contributed by atoms with Crippen LogP contribution in [0.3, 0.4) is 0 Å². The number of nitrogens with one attached hydrogen (secondary N) is 1. The number of urea groups is 1. The number of piperazine rings is 1. The third-order valence-electron chi connectivity index (χ3n) is 9.81. The average molecular weight is 609 g/mol. The van der Waals surface area contributed by atoms with Gasteiger partial charge in [-0.25, -0.2) is 19.0 Å². The third kappa shape index (κ3) is 4.65. The van der Waals surface area contributed by atoms with Crippen LogP contribution >= 0.6 is 11.3 Å². The molecular weight excluding hydrogens is 571 g/mol. The first-order valence-electron chi connectivity index (χ1n) is 15.0. The van der Waals surface area contributed by atoms with Crippen LogP contribution in [0.2, 0.25) is 0 Å². The number of carbonyl (C=O) groups is 2. The third-order valence-corrected chi connectivity index (χ3v) is 10.6. The molecule has 3 saturated carbocycles. The van der Waals surface area contributed by atoms with Crippen molar-refractivity contribution < 1.29 is 23.5 Å². The number of aliphatic imine (C=N–C) groups is 1. The molecule has 1 N–H and O–H groups in total. The molecule has 2 saturated heterocycles. The second-order valence-electron chi connectivity index (χ2n) is 12.6. The highest BCUT2D eigenvalue weighted by atomic mass is 32.1. The van der Waals surface area contributed by atoms with Crippen LogP contribution in [-0.4, -0.2) is 102 Å². The van der Waals surface area contributed by atoms with Crippen LogP contribution in [0, 0.1) is 18.2 Å². The van der Waals surface area contributed by atoms with E-state index in [1.165, 1.54) is 17.4 Å². The molecular formula is C31H37FN6O4S. The van der Waals surface area contributed by atoms with Gasteiger partial charge in [0, 0.05) is 68.1 Å². The Morgan fingerprint density at radius 3 is 2.77 bits per heavy atom. The molecule has 6 aliphatic rings. The number of ether oxygens (including phenoxy) is 2. The number of rotatable bonds is 9. The lowest BCUT2D eigenvalue weighted by Crippen LogP contribution is -2.76. The van der Waals surface area contributed by atoms with Gasteiger partial charge < -0.3 is 24.6 Å². The van der Waals surface area contributed by atoms with E-state index in [0.29, 0.717) is 66.0 Å². The molecule has 0 spiro atoms. The van der Waals surface area contributed by atoms with Crippen molar-refractivity contribution in [3.05, 3.63) is 63.0 Å². The van der Waals surface area contributed by atoms with Crippen LogP contribution < -0.4 is 5.32 Å². The van der Waals surface area contributed by atoms with Gasteiger partial charge in [-0.2, -0.15) is 0 Å². The summed E-state index contributed by atoms with van der Waals surface area (Å²) in [5, 5.41) is 5.97. The Morgan fingerprint density at radius 1 is 1.23 bits per heavy atom. The molecule has 10 nitrogen and oxygen atoms in total. The molecule has 3 aliphatic heterocycles. The van der Waals surface area contributed by atoms with Crippen molar-refractivity contribution >= 4 is 29.2 Å². The smallest absolute Gasteiger partial charge is 0.338 e. The summed E-state index contributed by atoms with van der Waals surface area (Å²) in [6.45, 7) is 7.59. The Morgan fingerprint density at radius 2 is 2.05 bits per heavy atom. The molecule has 5 fully saturated rings. The predicted octanol–water partition coefficient (Wildman–Crippen LogP) is 3.49. The van der Waals surface area contributed by atoms with E-state index in [-0.39, 0.29) is 35.5 Å². The molecule has 8 rings (SSSR count). The second kappa shape index (κ2) is 10.7. The van der Waals surface area contributed by atoms with Gasteiger partial charge in [0.25, 0.3) is 0 Å². The minimum absolute atomic E-state index is 0.00255. The number of nitrogens with zero attached hydrogens (tertiary/aromatic N) is 5. The molecule has 2 amide bonds. The molecule has 1 aromatic heterocycles. The number of halogens is 1. The molecule has 2 bridgehead atoms. The normalized spacial score (nSPS) is 30.0. The monoisotopic (exact) mass is 608 g/mol. The van der Waals surface area contributed by atoms with E-state index in [0.717, 1.165) is 25.9 Å². The first-order chi connectivity index (χ1) is 20.8. The fraction of sp³-hybridized carbons (Fsp3) is 0.548. The minimum Gasteiger partial charge on any atom is -0.463 e. The molecule has 0 unspecified atom stereocenters. The summed E-state index contributed by atoms with van der Waals surface area (Å²) in [5.74, 6) is -0.286. The van der Waals surface area contributed by atoms with Crippen LogP contribution in [0.1, 0.15) is 48.4 Å². The largest absolute Gasteiger partial charge is 0.463 e. The zero-order chi connectivity index (χ0) is 29.9. The molecule has 1 aromatic carbocycles. The highest BCUT2D eigenvalue weighted by Gasteiger charge is 2.72. The van der Waals surface area contributed by atoms with Crippen LogP contribution in [0.15, 0.2) is 46.0 Å². The van der Waals surface area contributed by atoms with Gasteiger partial charge in [0.1, 0.15) is 11.9 Å². The summed E-state index contributed by atoms with van der Waals surface area (Å²) in [5.41, 5.74) is 2.36. The van der Waals surface area contributed by atoms with Gasteiger partial charge in [0.05, 0.1) is 24.8 Å². The summed E-state index contributed by atoms with van der Waals surface area (Å²) in [6.07, 6.45) is 4.80. The Bertz CT molecular complexity index is 1490.